The summed E-state index contributed by atoms with van der Waals surface area (Å²) in [7, 11) is 0. The second kappa shape index (κ2) is 15.6. The van der Waals surface area contributed by atoms with E-state index in [0.717, 1.165) is 22.2 Å². The number of likely N-dealkylation sites (tertiary alicyclic amines) is 1. The summed E-state index contributed by atoms with van der Waals surface area (Å²) in [5.41, 5.74) is 6.23. The van der Waals surface area contributed by atoms with E-state index in [1.54, 1.807) is 46.9 Å². The average Bonchev–Trinajstić information content (AvgIpc) is 3.13. The number of piperidine rings is 1. The van der Waals surface area contributed by atoms with Crippen molar-refractivity contribution >= 4 is 51.2 Å². The molecule has 2 aromatic heterocycles. The predicted octanol–water partition coefficient (Wildman–Crippen LogP) is 5.53. The first-order valence-electron chi connectivity index (χ1n) is 15.6. The number of hydrogen-bond acceptors (Lipinski definition) is 8. The number of carbonyl (C=O) groups is 4. The molecule has 0 unspecified atom stereocenters. The molecule has 1 fully saturated rings. The van der Waals surface area contributed by atoms with Crippen LogP contribution in [-0.4, -0.2) is 68.1 Å². The Balaban J connectivity index is 0.000000654. The number of aromatic nitrogens is 2. The van der Waals surface area contributed by atoms with Gasteiger partial charge in [0.2, 0.25) is 11.8 Å². The quantitative estimate of drug-likeness (QED) is 0.126. The molecule has 1 aliphatic rings. The molecule has 2 atom stereocenters. The lowest BCUT2D eigenvalue weighted by Gasteiger charge is -2.36. The van der Waals surface area contributed by atoms with Crippen molar-refractivity contribution in [3.8, 4) is 5.75 Å². The fourth-order valence-electron chi connectivity index (χ4n) is 5.80. The number of carbonyl (C=O) groups excluding carboxylic acids is 3. The van der Waals surface area contributed by atoms with Crippen molar-refractivity contribution in [1.82, 2.24) is 20.3 Å². The first-order valence-corrected chi connectivity index (χ1v) is 15.6. The van der Waals surface area contributed by atoms with Crippen LogP contribution in [0.1, 0.15) is 28.0 Å². The maximum Gasteiger partial charge on any atom is 0.490 e. The van der Waals surface area contributed by atoms with Gasteiger partial charge in [0.25, 0.3) is 5.91 Å². The van der Waals surface area contributed by atoms with E-state index in [0.29, 0.717) is 34.5 Å². The summed E-state index contributed by atoms with van der Waals surface area (Å²) < 4.78 is 37.8. The normalized spacial score (nSPS) is 15.7. The summed E-state index contributed by atoms with van der Waals surface area (Å²) in [5, 5.41) is 21.2. The molecule has 15 heteroatoms. The van der Waals surface area contributed by atoms with Gasteiger partial charge in [0.15, 0.2) is 0 Å². The number of fused-ring (bicyclic) bond motifs is 2. The van der Waals surface area contributed by atoms with Crippen LogP contribution in [0.25, 0.3) is 21.8 Å². The molecule has 3 aromatic carbocycles. The monoisotopic (exact) mass is 703 g/mol. The first-order chi connectivity index (χ1) is 24.3. The third kappa shape index (κ3) is 8.75. The Bertz CT molecular complexity index is 2070. The zero-order chi connectivity index (χ0) is 36.7. The van der Waals surface area contributed by atoms with Gasteiger partial charge in [-0.1, -0.05) is 36.4 Å². The van der Waals surface area contributed by atoms with E-state index < -0.39 is 29.9 Å². The number of nitrogens with zero attached hydrogens (tertiary/aromatic N) is 3. The number of alkyl halides is 3. The van der Waals surface area contributed by atoms with Crippen LogP contribution in [0.5, 0.6) is 5.75 Å². The molecule has 6 rings (SSSR count). The fourth-order valence-corrected chi connectivity index (χ4v) is 5.80. The van der Waals surface area contributed by atoms with Crippen LogP contribution in [0.15, 0.2) is 91.1 Å². The number of rotatable bonds is 7. The van der Waals surface area contributed by atoms with E-state index in [1.807, 2.05) is 61.5 Å². The number of pyridine rings is 2. The number of halogens is 3. The highest BCUT2D eigenvalue weighted by Crippen LogP contribution is 2.29. The zero-order valence-electron chi connectivity index (χ0n) is 27.1. The number of aryl methyl sites for hydroxylation is 1. The van der Waals surface area contributed by atoms with Crippen molar-refractivity contribution in [3.05, 3.63) is 108 Å². The number of amides is 3. The van der Waals surface area contributed by atoms with Gasteiger partial charge in [-0.2, -0.15) is 13.2 Å². The standard InChI is InChI=1S/C34H31N5O5.C2HF3O2/c1-21-18-22(25-6-2-5-9-31(25)36-21)20-44-24-12-10-23(11-13-24)37-32(40)27-15-17-39(19-29(27)33(41)38-43)34(42)28-14-16-35-30-8-4-3-7-26(28)30;3-2(4,5)1(6)7/h2-14,16,18,27,29,43H,15,17,19-20H2,1H3,(H,37,40)(H,38,41);(H,6,7)/t27-,29-;/m0./s1. The minimum atomic E-state index is -5.08. The highest BCUT2D eigenvalue weighted by molar-refractivity contribution is 6.06. The number of ether oxygens (including phenoxy) is 1. The minimum Gasteiger partial charge on any atom is -0.489 e. The lowest BCUT2D eigenvalue weighted by atomic mass is 9.83. The Hall–Kier alpha value is -6.09. The van der Waals surface area contributed by atoms with Gasteiger partial charge < -0.3 is 20.1 Å². The van der Waals surface area contributed by atoms with E-state index >= 15 is 0 Å². The van der Waals surface area contributed by atoms with Crippen LogP contribution >= 0.6 is 0 Å². The molecule has 0 saturated carbocycles. The Morgan fingerprint density at radius 1 is 0.902 bits per heavy atom. The van der Waals surface area contributed by atoms with Crippen LogP contribution in [-0.2, 0) is 21.0 Å². The SMILES string of the molecule is Cc1cc(COc2ccc(NC(=O)[C@H]3CCN(C(=O)c4ccnc5ccccc45)C[C@@H]3C(=O)NO)cc2)c2ccccc2n1.O=C(O)C(F)(F)F. The van der Waals surface area contributed by atoms with Crippen molar-refractivity contribution in [1.29, 1.82) is 0 Å². The van der Waals surface area contributed by atoms with E-state index in [4.69, 9.17) is 14.6 Å². The lowest BCUT2D eigenvalue weighted by molar-refractivity contribution is -0.192. The Labute approximate surface area is 288 Å². The number of anilines is 1. The van der Waals surface area contributed by atoms with Crippen LogP contribution in [0.2, 0.25) is 0 Å². The lowest BCUT2D eigenvalue weighted by Crippen LogP contribution is -2.52. The van der Waals surface area contributed by atoms with Crippen LogP contribution in [0.4, 0.5) is 18.9 Å². The van der Waals surface area contributed by atoms with Crippen LogP contribution < -0.4 is 15.5 Å². The number of hydroxylamine groups is 1. The minimum absolute atomic E-state index is 0.0180. The number of carboxylic acids is 1. The molecule has 0 bridgehead atoms. The van der Waals surface area contributed by atoms with Crippen molar-refractivity contribution in [2.75, 3.05) is 18.4 Å². The van der Waals surface area contributed by atoms with E-state index in [2.05, 4.69) is 15.3 Å². The number of aliphatic carboxylic acids is 1. The van der Waals surface area contributed by atoms with Gasteiger partial charge in [0, 0.05) is 47.0 Å². The molecule has 1 aliphatic heterocycles. The highest BCUT2D eigenvalue weighted by atomic mass is 19.4. The summed E-state index contributed by atoms with van der Waals surface area (Å²) in [6.07, 6.45) is -3.26. The maximum absolute atomic E-state index is 13.5. The van der Waals surface area contributed by atoms with Gasteiger partial charge >= 0.3 is 12.1 Å². The summed E-state index contributed by atoms with van der Waals surface area (Å²) in [4.78, 5) is 58.8. The van der Waals surface area contributed by atoms with Crippen LogP contribution in [0, 0.1) is 18.8 Å². The molecule has 0 radical (unpaired) electrons. The smallest absolute Gasteiger partial charge is 0.489 e. The highest BCUT2D eigenvalue weighted by Gasteiger charge is 2.40. The first kappa shape index (κ1) is 36.2. The fraction of sp³-hybridized carbons (Fsp3) is 0.222. The number of hydrogen-bond donors (Lipinski definition) is 4. The Morgan fingerprint density at radius 2 is 1.55 bits per heavy atom. The second-order valence-electron chi connectivity index (χ2n) is 11.6. The average molecular weight is 704 g/mol. The molecule has 5 aromatic rings. The molecule has 1 saturated heterocycles. The van der Waals surface area contributed by atoms with Crippen molar-refractivity contribution in [2.45, 2.75) is 26.1 Å². The number of carboxylic acid groups (broad SMARTS) is 1. The van der Waals surface area contributed by atoms with E-state index in [9.17, 15) is 32.8 Å². The summed E-state index contributed by atoms with van der Waals surface area (Å²) in [6, 6.07) is 25.9. The summed E-state index contributed by atoms with van der Waals surface area (Å²) in [5.74, 6) is -5.16. The summed E-state index contributed by atoms with van der Waals surface area (Å²) in [6.45, 7) is 2.57. The van der Waals surface area contributed by atoms with Gasteiger partial charge in [0.1, 0.15) is 12.4 Å². The Kier molecular flexibility index (Phi) is 11.1. The molecule has 12 nitrogen and oxygen atoms in total. The third-order valence-corrected chi connectivity index (χ3v) is 8.25. The Morgan fingerprint density at radius 3 is 2.22 bits per heavy atom. The van der Waals surface area contributed by atoms with E-state index in [-0.39, 0.29) is 31.3 Å². The van der Waals surface area contributed by atoms with Gasteiger partial charge in [-0.3, -0.25) is 29.6 Å². The van der Waals surface area contributed by atoms with Gasteiger partial charge in [-0.25, -0.2) is 10.3 Å². The molecule has 4 N–H and O–H groups in total. The molecule has 3 amide bonds. The molecular weight excluding hydrogens is 671 g/mol. The van der Waals surface area contributed by atoms with Crippen molar-refractivity contribution < 1.29 is 47.4 Å². The molecule has 264 valence electrons. The third-order valence-electron chi connectivity index (χ3n) is 8.25. The van der Waals surface area contributed by atoms with E-state index in [1.165, 1.54) is 0 Å². The second-order valence-corrected chi connectivity index (χ2v) is 11.6. The molecular formula is C36H32F3N5O7. The molecule has 0 aliphatic carbocycles. The number of nitrogens with one attached hydrogen (secondary N) is 2. The van der Waals surface area contributed by atoms with Gasteiger partial charge in [-0.05, 0) is 61.9 Å². The maximum atomic E-state index is 13.5. The molecule has 51 heavy (non-hydrogen) atoms. The van der Waals surface area contributed by atoms with Gasteiger partial charge in [0.05, 0.1) is 28.4 Å². The number of benzene rings is 3. The molecule has 3 heterocycles. The molecule has 0 spiro atoms. The van der Waals surface area contributed by atoms with Crippen molar-refractivity contribution in [3.63, 3.8) is 0 Å². The van der Waals surface area contributed by atoms with Crippen LogP contribution in [0.3, 0.4) is 0 Å². The topological polar surface area (TPSA) is 171 Å². The largest absolute Gasteiger partial charge is 0.490 e. The summed E-state index contributed by atoms with van der Waals surface area (Å²) >= 11 is 0. The number of para-hydroxylation sites is 2. The van der Waals surface area contributed by atoms with Crippen molar-refractivity contribution in [2.24, 2.45) is 11.8 Å². The zero-order valence-corrected chi connectivity index (χ0v) is 27.1. The predicted molar refractivity (Wildman–Crippen MR) is 179 cm³/mol. The van der Waals surface area contributed by atoms with Gasteiger partial charge in [-0.15, -0.1) is 0 Å².